The van der Waals surface area contributed by atoms with E-state index in [9.17, 15) is 4.79 Å². The molecule has 0 unspecified atom stereocenters. The molecular formula is C14H17N3O2. The second-order valence-electron chi connectivity index (χ2n) is 5.04. The van der Waals surface area contributed by atoms with Crippen LogP contribution in [0.25, 0.3) is 11.1 Å². The van der Waals surface area contributed by atoms with Crippen molar-refractivity contribution in [2.24, 2.45) is 5.73 Å². The van der Waals surface area contributed by atoms with Gasteiger partial charge in [-0.15, -0.1) is 0 Å². The molecule has 1 aliphatic rings. The van der Waals surface area contributed by atoms with Crippen LogP contribution in [0.15, 0.2) is 22.6 Å². The average Bonchev–Trinajstić information content (AvgIpc) is 3.12. The molecule has 2 aromatic rings. The number of nitrogens with two attached hydrogens (primary N) is 1. The third-order valence-corrected chi connectivity index (χ3v) is 3.66. The number of nitrogens with one attached hydrogen (secondary N) is 1. The summed E-state index contributed by atoms with van der Waals surface area (Å²) in [5, 5.41) is 2.88. The molecular weight excluding hydrogens is 242 g/mol. The van der Waals surface area contributed by atoms with Gasteiger partial charge in [-0.1, -0.05) is 6.07 Å². The van der Waals surface area contributed by atoms with Crippen LogP contribution in [-0.4, -0.2) is 24.0 Å². The number of fused-ring (bicyclic) bond motifs is 1. The molecule has 1 aromatic heterocycles. The molecule has 0 aliphatic heterocycles. The Morgan fingerprint density at radius 2 is 2.32 bits per heavy atom. The molecule has 5 nitrogen and oxygen atoms in total. The van der Waals surface area contributed by atoms with E-state index in [0.717, 1.165) is 29.5 Å². The predicted molar refractivity (Wildman–Crippen MR) is 71.7 cm³/mol. The smallest absolute Gasteiger partial charge is 0.230 e. The van der Waals surface area contributed by atoms with Crippen molar-refractivity contribution in [3.05, 3.63) is 29.7 Å². The van der Waals surface area contributed by atoms with E-state index in [2.05, 4.69) is 10.3 Å². The first-order chi connectivity index (χ1) is 9.15. The summed E-state index contributed by atoms with van der Waals surface area (Å²) in [7, 11) is 0. The molecule has 1 aromatic carbocycles. The molecule has 1 aliphatic carbocycles. The van der Waals surface area contributed by atoms with Crippen LogP contribution in [-0.2, 0) is 10.2 Å². The molecule has 0 spiro atoms. The van der Waals surface area contributed by atoms with E-state index in [4.69, 9.17) is 10.2 Å². The summed E-state index contributed by atoms with van der Waals surface area (Å²) in [6.07, 6.45) is 1.76. The Balaban J connectivity index is 1.92. The number of hydrogen-bond donors (Lipinski definition) is 2. The van der Waals surface area contributed by atoms with Crippen molar-refractivity contribution in [3.8, 4) is 0 Å². The number of amides is 1. The normalized spacial score (nSPS) is 16.5. The minimum absolute atomic E-state index is 0.0671. The molecule has 1 saturated carbocycles. The first-order valence-electron chi connectivity index (χ1n) is 6.52. The molecule has 0 atom stereocenters. The van der Waals surface area contributed by atoms with Crippen molar-refractivity contribution < 1.29 is 9.21 Å². The Kier molecular flexibility index (Phi) is 2.78. The van der Waals surface area contributed by atoms with Crippen molar-refractivity contribution in [1.82, 2.24) is 10.3 Å². The van der Waals surface area contributed by atoms with Gasteiger partial charge in [-0.25, -0.2) is 4.98 Å². The molecule has 3 N–H and O–H groups in total. The number of oxazole rings is 1. The van der Waals surface area contributed by atoms with Gasteiger partial charge in [0.05, 0.1) is 5.41 Å². The topological polar surface area (TPSA) is 81.2 Å². The van der Waals surface area contributed by atoms with E-state index in [-0.39, 0.29) is 11.3 Å². The molecule has 5 heteroatoms. The lowest BCUT2D eigenvalue weighted by atomic mass is 9.94. The zero-order valence-electron chi connectivity index (χ0n) is 10.9. The fraction of sp³-hybridized carbons (Fsp3) is 0.429. The molecule has 0 saturated heterocycles. The first kappa shape index (κ1) is 12.2. The van der Waals surface area contributed by atoms with Crippen LogP contribution >= 0.6 is 0 Å². The standard InChI is InChI=1S/C14H17N3O2/c1-9-17-11-8-10(2-3-12(11)19-9)14(4-5-14)13(18)16-7-6-15/h2-3,8H,4-7,15H2,1H3,(H,16,18). The lowest BCUT2D eigenvalue weighted by Crippen LogP contribution is -2.37. The van der Waals surface area contributed by atoms with Gasteiger partial charge in [0, 0.05) is 20.0 Å². The number of carbonyl (C=O) groups is 1. The van der Waals surface area contributed by atoms with Crippen LogP contribution in [0.2, 0.25) is 0 Å². The van der Waals surface area contributed by atoms with Gasteiger partial charge in [0.15, 0.2) is 11.5 Å². The molecule has 3 rings (SSSR count). The van der Waals surface area contributed by atoms with Crippen molar-refractivity contribution in [2.75, 3.05) is 13.1 Å². The average molecular weight is 259 g/mol. The highest BCUT2D eigenvalue weighted by Crippen LogP contribution is 2.48. The van der Waals surface area contributed by atoms with Crippen molar-refractivity contribution in [1.29, 1.82) is 0 Å². The van der Waals surface area contributed by atoms with E-state index in [0.29, 0.717) is 19.0 Å². The van der Waals surface area contributed by atoms with Crippen LogP contribution in [0.3, 0.4) is 0 Å². The van der Waals surface area contributed by atoms with Crippen molar-refractivity contribution in [2.45, 2.75) is 25.2 Å². The van der Waals surface area contributed by atoms with Gasteiger partial charge in [0.2, 0.25) is 5.91 Å². The van der Waals surface area contributed by atoms with Gasteiger partial charge in [-0.3, -0.25) is 4.79 Å². The minimum Gasteiger partial charge on any atom is -0.441 e. The third-order valence-electron chi connectivity index (χ3n) is 3.66. The minimum atomic E-state index is -0.379. The maximum absolute atomic E-state index is 12.2. The largest absolute Gasteiger partial charge is 0.441 e. The van der Waals surface area contributed by atoms with Gasteiger partial charge in [-0.2, -0.15) is 0 Å². The van der Waals surface area contributed by atoms with E-state index >= 15 is 0 Å². The summed E-state index contributed by atoms with van der Waals surface area (Å²) in [5.74, 6) is 0.710. The highest BCUT2D eigenvalue weighted by Gasteiger charge is 2.51. The summed E-state index contributed by atoms with van der Waals surface area (Å²) in [6, 6.07) is 5.81. The van der Waals surface area contributed by atoms with Gasteiger partial charge in [0.25, 0.3) is 0 Å². The number of benzene rings is 1. The van der Waals surface area contributed by atoms with Crippen LogP contribution in [0.4, 0.5) is 0 Å². The van der Waals surface area contributed by atoms with Gasteiger partial charge < -0.3 is 15.5 Å². The zero-order valence-corrected chi connectivity index (χ0v) is 10.9. The SMILES string of the molecule is Cc1nc2cc(C3(C(=O)NCCN)CC3)ccc2o1. The zero-order chi connectivity index (χ0) is 13.5. The highest BCUT2D eigenvalue weighted by molar-refractivity contribution is 5.92. The lowest BCUT2D eigenvalue weighted by Gasteiger charge is -2.15. The summed E-state index contributed by atoms with van der Waals surface area (Å²) in [4.78, 5) is 16.5. The highest BCUT2D eigenvalue weighted by atomic mass is 16.3. The van der Waals surface area contributed by atoms with Crippen molar-refractivity contribution in [3.63, 3.8) is 0 Å². The first-order valence-corrected chi connectivity index (χ1v) is 6.52. The Morgan fingerprint density at radius 3 is 3.00 bits per heavy atom. The van der Waals surface area contributed by atoms with E-state index < -0.39 is 0 Å². The Bertz CT molecular complexity index is 629. The van der Waals surface area contributed by atoms with E-state index in [1.165, 1.54) is 0 Å². The van der Waals surface area contributed by atoms with Crippen LogP contribution in [0.5, 0.6) is 0 Å². The predicted octanol–water partition coefficient (Wildman–Crippen LogP) is 1.24. The summed E-state index contributed by atoms with van der Waals surface area (Å²) in [5.41, 5.74) is 7.63. The summed E-state index contributed by atoms with van der Waals surface area (Å²) < 4.78 is 5.45. The molecule has 0 radical (unpaired) electrons. The lowest BCUT2D eigenvalue weighted by molar-refractivity contribution is -0.123. The Morgan fingerprint density at radius 1 is 1.53 bits per heavy atom. The van der Waals surface area contributed by atoms with Gasteiger partial charge in [-0.05, 0) is 30.5 Å². The number of nitrogens with zero attached hydrogens (tertiary/aromatic N) is 1. The fourth-order valence-corrected chi connectivity index (χ4v) is 2.47. The summed E-state index contributed by atoms with van der Waals surface area (Å²) in [6.45, 7) is 2.80. The number of aromatic nitrogens is 1. The fourth-order valence-electron chi connectivity index (χ4n) is 2.47. The maximum atomic E-state index is 12.2. The van der Waals surface area contributed by atoms with E-state index in [1.54, 1.807) is 0 Å². The quantitative estimate of drug-likeness (QED) is 0.865. The third kappa shape index (κ3) is 2.00. The van der Waals surface area contributed by atoms with Gasteiger partial charge >= 0.3 is 0 Å². The second-order valence-corrected chi connectivity index (χ2v) is 5.04. The summed E-state index contributed by atoms with van der Waals surface area (Å²) >= 11 is 0. The Labute approximate surface area is 111 Å². The van der Waals surface area contributed by atoms with Crippen molar-refractivity contribution >= 4 is 17.0 Å². The van der Waals surface area contributed by atoms with Gasteiger partial charge in [0.1, 0.15) is 5.52 Å². The van der Waals surface area contributed by atoms with Crippen LogP contribution in [0.1, 0.15) is 24.3 Å². The molecule has 0 bridgehead atoms. The second kappa shape index (κ2) is 4.35. The van der Waals surface area contributed by atoms with Crippen LogP contribution < -0.4 is 11.1 Å². The van der Waals surface area contributed by atoms with E-state index in [1.807, 2.05) is 25.1 Å². The molecule has 19 heavy (non-hydrogen) atoms. The number of carbonyl (C=O) groups excluding carboxylic acids is 1. The molecule has 100 valence electrons. The molecule has 1 amide bonds. The maximum Gasteiger partial charge on any atom is 0.230 e. The number of rotatable bonds is 4. The monoisotopic (exact) mass is 259 g/mol. The number of aryl methyl sites for hydroxylation is 1. The van der Waals surface area contributed by atoms with Crippen LogP contribution in [0, 0.1) is 6.92 Å². The molecule has 1 fully saturated rings. The molecule has 1 heterocycles. The number of hydrogen-bond acceptors (Lipinski definition) is 4. The Hall–Kier alpha value is -1.88.